The number of piperazine rings is 1. The molecule has 2 fully saturated rings. The van der Waals surface area contributed by atoms with E-state index in [2.05, 4.69) is 15.5 Å². The van der Waals surface area contributed by atoms with Crippen molar-refractivity contribution < 1.29 is 4.79 Å². The van der Waals surface area contributed by atoms with E-state index in [1.54, 1.807) is 0 Å². The number of benzene rings is 1. The summed E-state index contributed by atoms with van der Waals surface area (Å²) in [5.74, 6) is 0.178. The Kier molecular flexibility index (Phi) is 3.22. The predicted octanol–water partition coefficient (Wildman–Crippen LogP) is 1.44. The molecule has 1 unspecified atom stereocenters. The summed E-state index contributed by atoms with van der Waals surface area (Å²) in [7, 11) is 0. The van der Waals surface area contributed by atoms with Gasteiger partial charge in [-0.2, -0.15) is 0 Å². The molecular formula is C16H22N4O. The fourth-order valence-corrected chi connectivity index (χ4v) is 3.73. The Bertz CT molecular complexity index is 559. The van der Waals surface area contributed by atoms with E-state index in [-0.39, 0.29) is 5.91 Å². The highest BCUT2D eigenvalue weighted by Crippen LogP contribution is 2.27. The quantitative estimate of drug-likeness (QED) is 0.820. The van der Waals surface area contributed by atoms with E-state index in [1.807, 2.05) is 23.1 Å². The molecule has 21 heavy (non-hydrogen) atoms. The average Bonchev–Trinajstić information content (AvgIpc) is 3.01. The van der Waals surface area contributed by atoms with Crippen LogP contribution in [0, 0.1) is 0 Å². The van der Waals surface area contributed by atoms with Gasteiger partial charge >= 0.3 is 0 Å². The molecule has 3 aliphatic heterocycles. The Balaban J connectivity index is 1.52. The molecule has 1 aromatic carbocycles. The van der Waals surface area contributed by atoms with Gasteiger partial charge < -0.3 is 15.5 Å². The van der Waals surface area contributed by atoms with Crippen LogP contribution in [0.25, 0.3) is 0 Å². The van der Waals surface area contributed by atoms with Gasteiger partial charge in [0.15, 0.2) is 0 Å². The maximum Gasteiger partial charge on any atom is 0.254 e. The second-order valence-corrected chi connectivity index (χ2v) is 6.20. The van der Waals surface area contributed by atoms with Gasteiger partial charge in [-0.3, -0.25) is 9.69 Å². The first-order valence-corrected chi connectivity index (χ1v) is 7.96. The van der Waals surface area contributed by atoms with Crippen LogP contribution in [-0.2, 0) is 0 Å². The molecule has 0 spiro atoms. The van der Waals surface area contributed by atoms with Crippen LogP contribution in [0.4, 0.5) is 11.4 Å². The highest BCUT2D eigenvalue weighted by atomic mass is 16.2. The van der Waals surface area contributed by atoms with Crippen molar-refractivity contribution in [2.75, 3.05) is 49.9 Å². The van der Waals surface area contributed by atoms with E-state index in [1.165, 1.54) is 19.4 Å². The summed E-state index contributed by atoms with van der Waals surface area (Å²) < 4.78 is 0. The summed E-state index contributed by atoms with van der Waals surface area (Å²) in [5.41, 5.74) is 2.95. The number of hydrogen-bond donors (Lipinski definition) is 2. The van der Waals surface area contributed by atoms with Gasteiger partial charge in [-0.25, -0.2) is 0 Å². The molecule has 0 aromatic heterocycles. The second kappa shape index (κ2) is 5.22. The summed E-state index contributed by atoms with van der Waals surface area (Å²) in [6, 6.07) is 6.54. The van der Waals surface area contributed by atoms with Gasteiger partial charge in [0.1, 0.15) is 0 Å². The molecule has 2 saturated heterocycles. The zero-order valence-corrected chi connectivity index (χ0v) is 12.3. The Morgan fingerprint density at radius 1 is 1.10 bits per heavy atom. The average molecular weight is 286 g/mol. The fourth-order valence-electron chi connectivity index (χ4n) is 3.73. The summed E-state index contributed by atoms with van der Waals surface area (Å²) in [4.78, 5) is 17.3. The summed E-state index contributed by atoms with van der Waals surface area (Å²) in [5, 5.41) is 6.70. The molecular weight excluding hydrogens is 264 g/mol. The minimum Gasteiger partial charge on any atom is -0.382 e. The zero-order chi connectivity index (χ0) is 14.2. The Morgan fingerprint density at radius 3 is 2.86 bits per heavy atom. The van der Waals surface area contributed by atoms with Gasteiger partial charge in [0.25, 0.3) is 5.91 Å². The van der Waals surface area contributed by atoms with Crippen LogP contribution in [0.2, 0.25) is 0 Å². The minimum absolute atomic E-state index is 0.178. The van der Waals surface area contributed by atoms with Crippen molar-refractivity contribution in [3.63, 3.8) is 0 Å². The maximum absolute atomic E-state index is 12.7. The predicted molar refractivity (Wildman–Crippen MR) is 83.9 cm³/mol. The second-order valence-electron chi connectivity index (χ2n) is 6.20. The van der Waals surface area contributed by atoms with Crippen molar-refractivity contribution in [1.82, 2.24) is 9.80 Å². The molecule has 1 aromatic rings. The Hall–Kier alpha value is -1.75. The number of hydrogen-bond acceptors (Lipinski definition) is 4. The van der Waals surface area contributed by atoms with Crippen LogP contribution >= 0.6 is 0 Å². The summed E-state index contributed by atoms with van der Waals surface area (Å²) in [6.07, 6.45) is 2.51. The van der Waals surface area contributed by atoms with Crippen LogP contribution in [0.5, 0.6) is 0 Å². The lowest BCUT2D eigenvalue weighted by molar-refractivity contribution is 0.0571. The minimum atomic E-state index is 0.178. The molecule has 2 N–H and O–H groups in total. The molecule has 3 heterocycles. The smallest absolute Gasteiger partial charge is 0.254 e. The van der Waals surface area contributed by atoms with E-state index in [4.69, 9.17) is 0 Å². The third-order valence-electron chi connectivity index (χ3n) is 4.90. The number of carbonyl (C=O) groups excluding carboxylic acids is 1. The first-order valence-electron chi connectivity index (χ1n) is 7.96. The first kappa shape index (κ1) is 13.0. The van der Waals surface area contributed by atoms with E-state index >= 15 is 0 Å². The van der Waals surface area contributed by atoms with Crippen LogP contribution in [0.1, 0.15) is 23.2 Å². The van der Waals surface area contributed by atoms with Crippen LogP contribution in [-0.4, -0.2) is 61.0 Å². The van der Waals surface area contributed by atoms with Crippen LogP contribution in [0.15, 0.2) is 18.2 Å². The van der Waals surface area contributed by atoms with Gasteiger partial charge in [-0.05, 0) is 37.6 Å². The molecule has 3 aliphatic rings. The first-order chi connectivity index (χ1) is 10.3. The monoisotopic (exact) mass is 286 g/mol. The molecule has 112 valence electrons. The Labute approximate surface area is 125 Å². The molecule has 0 saturated carbocycles. The van der Waals surface area contributed by atoms with Gasteiger partial charge in [0.2, 0.25) is 0 Å². The third-order valence-corrected chi connectivity index (χ3v) is 4.90. The van der Waals surface area contributed by atoms with Crippen LogP contribution in [0.3, 0.4) is 0 Å². The summed E-state index contributed by atoms with van der Waals surface area (Å²) in [6.45, 7) is 5.83. The normalized spacial score (nSPS) is 24.8. The third kappa shape index (κ3) is 2.35. The van der Waals surface area contributed by atoms with Crippen molar-refractivity contribution in [2.24, 2.45) is 0 Å². The highest BCUT2D eigenvalue weighted by molar-refractivity contribution is 5.96. The van der Waals surface area contributed by atoms with Crippen molar-refractivity contribution in [2.45, 2.75) is 18.9 Å². The van der Waals surface area contributed by atoms with Gasteiger partial charge in [0, 0.05) is 44.3 Å². The fraction of sp³-hybridized carbons (Fsp3) is 0.562. The molecule has 5 heteroatoms. The number of amides is 1. The van der Waals surface area contributed by atoms with E-state index < -0.39 is 0 Å². The van der Waals surface area contributed by atoms with Gasteiger partial charge in [-0.15, -0.1) is 0 Å². The van der Waals surface area contributed by atoms with Crippen molar-refractivity contribution >= 4 is 17.3 Å². The lowest BCUT2D eigenvalue weighted by atomic mass is 10.1. The molecule has 0 bridgehead atoms. The summed E-state index contributed by atoms with van der Waals surface area (Å²) >= 11 is 0. The van der Waals surface area contributed by atoms with Crippen molar-refractivity contribution in [3.8, 4) is 0 Å². The molecule has 1 amide bonds. The molecule has 1 atom stereocenters. The van der Waals surface area contributed by atoms with Gasteiger partial charge in [0.05, 0.1) is 11.4 Å². The number of nitrogens with one attached hydrogen (secondary N) is 2. The van der Waals surface area contributed by atoms with E-state index in [0.717, 1.165) is 49.7 Å². The van der Waals surface area contributed by atoms with E-state index in [0.29, 0.717) is 6.04 Å². The lowest BCUT2D eigenvalue weighted by Gasteiger charge is -2.37. The molecule has 5 nitrogen and oxygen atoms in total. The SMILES string of the molecule is O=C(c1ccc2c(c1)NCCN2)N1CCN2CCCC2C1. The van der Waals surface area contributed by atoms with Crippen LogP contribution < -0.4 is 10.6 Å². The number of rotatable bonds is 1. The molecule has 0 radical (unpaired) electrons. The van der Waals surface area contributed by atoms with E-state index in [9.17, 15) is 4.79 Å². The van der Waals surface area contributed by atoms with Crippen molar-refractivity contribution in [3.05, 3.63) is 23.8 Å². The van der Waals surface area contributed by atoms with Gasteiger partial charge in [-0.1, -0.05) is 0 Å². The standard InChI is InChI=1S/C16H22N4O/c21-16(20-9-8-19-7-1-2-13(19)11-20)12-3-4-14-15(10-12)18-6-5-17-14/h3-4,10,13,17-18H,1-2,5-9,11H2. The zero-order valence-electron chi connectivity index (χ0n) is 12.3. The highest BCUT2D eigenvalue weighted by Gasteiger charge is 2.32. The topological polar surface area (TPSA) is 47.6 Å². The number of nitrogens with zero attached hydrogens (tertiary/aromatic N) is 2. The van der Waals surface area contributed by atoms with Crippen molar-refractivity contribution in [1.29, 1.82) is 0 Å². The number of anilines is 2. The Morgan fingerprint density at radius 2 is 1.95 bits per heavy atom. The molecule has 4 rings (SSSR count). The number of fused-ring (bicyclic) bond motifs is 2. The lowest BCUT2D eigenvalue weighted by Crippen LogP contribution is -2.52. The number of carbonyl (C=O) groups is 1. The molecule has 0 aliphatic carbocycles. The largest absolute Gasteiger partial charge is 0.382 e. The maximum atomic E-state index is 12.7.